The second-order valence-corrected chi connectivity index (χ2v) is 11.9. The minimum atomic E-state index is -0.112. The van der Waals surface area contributed by atoms with E-state index >= 15 is 0 Å². The minimum Gasteiger partial charge on any atom is -0.310 e. The Morgan fingerprint density at radius 1 is 0.447 bits per heavy atom. The molecule has 1 nitrogen and oxygen atoms in total. The molecule has 2 aliphatic rings. The third-order valence-corrected chi connectivity index (χ3v) is 8.85. The van der Waals surface area contributed by atoms with Crippen LogP contribution >= 0.6 is 0 Å². The van der Waals surface area contributed by atoms with Gasteiger partial charge in [-0.2, -0.15) is 0 Å². The first-order chi connectivity index (χ1) is 18.3. The number of aryl methyl sites for hydroxylation is 1. The fraction of sp³-hybridized carbons (Fsp3) is 0.189. The largest absolute Gasteiger partial charge is 0.310 e. The lowest BCUT2D eigenvalue weighted by Crippen LogP contribution is -2.24. The smallest absolute Gasteiger partial charge is 0.0465 e. The van der Waals surface area contributed by atoms with Gasteiger partial charge in [0.1, 0.15) is 0 Å². The molecule has 2 aliphatic carbocycles. The van der Waals surface area contributed by atoms with Crippen molar-refractivity contribution in [3.05, 3.63) is 137 Å². The molecule has 0 N–H and O–H groups in total. The predicted molar refractivity (Wildman–Crippen MR) is 161 cm³/mol. The fourth-order valence-electron chi connectivity index (χ4n) is 7.05. The molecule has 1 heteroatoms. The van der Waals surface area contributed by atoms with Crippen LogP contribution < -0.4 is 4.90 Å². The van der Waals surface area contributed by atoms with Crippen molar-refractivity contribution in [1.82, 2.24) is 0 Å². The molecule has 0 bridgehead atoms. The minimum absolute atomic E-state index is 0.0374. The van der Waals surface area contributed by atoms with E-state index in [1.807, 2.05) is 0 Å². The van der Waals surface area contributed by atoms with E-state index in [0.29, 0.717) is 0 Å². The molecule has 0 amide bonds. The molecule has 0 unspecified atom stereocenters. The maximum Gasteiger partial charge on any atom is 0.0465 e. The van der Waals surface area contributed by atoms with Gasteiger partial charge in [0.2, 0.25) is 0 Å². The number of rotatable bonds is 3. The van der Waals surface area contributed by atoms with Gasteiger partial charge in [0, 0.05) is 27.9 Å². The van der Waals surface area contributed by atoms with Crippen molar-refractivity contribution < 1.29 is 0 Å². The van der Waals surface area contributed by atoms with Gasteiger partial charge in [-0.25, -0.2) is 0 Å². The Labute approximate surface area is 226 Å². The third kappa shape index (κ3) is 3.11. The summed E-state index contributed by atoms with van der Waals surface area (Å²) in [6.45, 7) is 11.9. The number of fused-ring (bicyclic) bond motifs is 7. The Bertz CT molecular complexity index is 1670. The van der Waals surface area contributed by atoms with Gasteiger partial charge in [0.15, 0.2) is 0 Å². The van der Waals surface area contributed by atoms with E-state index in [1.165, 1.54) is 67.1 Å². The number of para-hydroxylation sites is 2. The highest BCUT2D eigenvalue weighted by Gasteiger charge is 2.45. The van der Waals surface area contributed by atoms with E-state index in [2.05, 4.69) is 149 Å². The van der Waals surface area contributed by atoms with Crippen LogP contribution in [0.25, 0.3) is 22.3 Å². The van der Waals surface area contributed by atoms with E-state index in [1.54, 1.807) is 0 Å². The van der Waals surface area contributed by atoms with Crippen molar-refractivity contribution in [2.45, 2.75) is 45.4 Å². The standard InChI is InChI=1S/C37H33N/c1-24-16-18-28-30-20-21-31-29-19-17-27(38(25-12-8-6-9-13-25)26-14-10-7-11-15-26)23-33(29)37(4,5)35(31)34(30)36(2,3)32(28)22-24/h6-23H,1-5H3. The summed E-state index contributed by atoms with van der Waals surface area (Å²) in [4.78, 5) is 2.37. The second kappa shape index (κ2) is 7.95. The van der Waals surface area contributed by atoms with Gasteiger partial charge in [-0.15, -0.1) is 0 Å². The molecule has 5 aromatic rings. The summed E-state index contributed by atoms with van der Waals surface area (Å²) in [6, 6.07) is 40.2. The van der Waals surface area contributed by atoms with Crippen LogP contribution in [0.2, 0.25) is 0 Å². The molecule has 0 aliphatic heterocycles. The van der Waals surface area contributed by atoms with Crippen LogP contribution in [-0.2, 0) is 10.8 Å². The topological polar surface area (TPSA) is 3.24 Å². The molecule has 5 aromatic carbocycles. The first kappa shape index (κ1) is 23.0. The van der Waals surface area contributed by atoms with Crippen LogP contribution in [0.15, 0.2) is 109 Å². The van der Waals surface area contributed by atoms with Crippen molar-refractivity contribution in [1.29, 1.82) is 0 Å². The number of anilines is 3. The average Bonchev–Trinajstić information content (AvgIpc) is 3.29. The molecule has 186 valence electrons. The molecule has 0 atom stereocenters. The van der Waals surface area contributed by atoms with Crippen LogP contribution in [0.3, 0.4) is 0 Å². The Kier molecular flexibility index (Phi) is 4.82. The van der Waals surface area contributed by atoms with Crippen LogP contribution in [0.5, 0.6) is 0 Å². The first-order valence-corrected chi connectivity index (χ1v) is 13.6. The average molecular weight is 492 g/mol. The quantitative estimate of drug-likeness (QED) is 0.243. The van der Waals surface area contributed by atoms with Gasteiger partial charge in [0.25, 0.3) is 0 Å². The summed E-state index contributed by atoms with van der Waals surface area (Å²) < 4.78 is 0. The Morgan fingerprint density at radius 3 is 1.42 bits per heavy atom. The molecule has 0 aromatic heterocycles. The lowest BCUT2D eigenvalue weighted by Gasteiger charge is -2.31. The monoisotopic (exact) mass is 491 g/mol. The van der Waals surface area contributed by atoms with Gasteiger partial charge in [0.05, 0.1) is 0 Å². The van der Waals surface area contributed by atoms with E-state index in [4.69, 9.17) is 0 Å². The highest BCUT2D eigenvalue weighted by atomic mass is 15.1. The molecule has 38 heavy (non-hydrogen) atoms. The molecule has 0 spiro atoms. The highest BCUT2D eigenvalue weighted by Crippen LogP contribution is 2.59. The molecule has 0 saturated carbocycles. The molecule has 0 saturated heterocycles. The molecule has 0 radical (unpaired) electrons. The number of nitrogens with zero attached hydrogens (tertiary/aromatic N) is 1. The SMILES string of the molecule is Cc1ccc2c(c1)C(C)(C)c1c-2ccc2c1C(C)(C)c1cc(N(c3ccccc3)c3ccccc3)ccc1-2. The Morgan fingerprint density at radius 2 is 0.895 bits per heavy atom. The van der Waals surface area contributed by atoms with Crippen molar-refractivity contribution >= 4 is 17.1 Å². The Balaban J connectivity index is 1.43. The van der Waals surface area contributed by atoms with Gasteiger partial charge in [-0.05, 0) is 87.8 Å². The summed E-state index contributed by atoms with van der Waals surface area (Å²) in [5, 5.41) is 0. The summed E-state index contributed by atoms with van der Waals surface area (Å²) >= 11 is 0. The van der Waals surface area contributed by atoms with E-state index < -0.39 is 0 Å². The summed E-state index contributed by atoms with van der Waals surface area (Å²) in [7, 11) is 0. The zero-order chi connectivity index (χ0) is 26.2. The maximum atomic E-state index is 2.43. The summed E-state index contributed by atoms with van der Waals surface area (Å²) in [5.74, 6) is 0. The first-order valence-electron chi connectivity index (χ1n) is 13.6. The van der Waals surface area contributed by atoms with Gasteiger partial charge in [-0.1, -0.05) is 106 Å². The predicted octanol–water partition coefficient (Wildman–Crippen LogP) is 10.1. The van der Waals surface area contributed by atoms with Crippen LogP contribution in [0, 0.1) is 6.92 Å². The number of hydrogen-bond donors (Lipinski definition) is 0. The Hall–Kier alpha value is -4.10. The molecule has 0 heterocycles. The number of benzene rings is 5. The van der Waals surface area contributed by atoms with E-state index in [0.717, 1.165) is 0 Å². The second-order valence-electron chi connectivity index (χ2n) is 11.9. The summed E-state index contributed by atoms with van der Waals surface area (Å²) in [6.07, 6.45) is 0. The zero-order valence-corrected chi connectivity index (χ0v) is 22.8. The van der Waals surface area contributed by atoms with Crippen molar-refractivity contribution in [2.24, 2.45) is 0 Å². The molecule has 7 rings (SSSR count). The molecular formula is C37H33N. The van der Waals surface area contributed by atoms with Crippen LogP contribution in [-0.4, -0.2) is 0 Å². The van der Waals surface area contributed by atoms with Crippen molar-refractivity contribution in [3.63, 3.8) is 0 Å². The molecule has 0 fully saturated rings. The molecular weight excluding hydrogens is 458 g/mol. The number of hydrogen-bond acceptors (Lipinski definition) is 1. The van der Waals surface area contributed by atoms with Gasteiger partial charge >= 0.3 is 0 Å². The van der Waals surface area contributed by atoms with Gasteiger partial charge < -0.3 is 4.90 Å². The van der Waals surface area contributed by atoms with Crippen molar-refractivity contribution in [3.8, 4) is 22.3 Å². The zero-order valence-electron chi connectivity index (χ0n) is 22.8. The normalized spacial score (nSPS) is 15.4. The third-order valence-electron chi connectivity index (χ3n) is 8.85. The van der Waals surface area contributed by atoms with Gasteiger partial charge in [-0.3, -0.25) is 0 Å². The van der Waals surface area contributed by atoms with Crippen molar-refractivity contribution in [2.75, 3.05) is 4.90 Å². The van der Waals surface area contributed by atoms with Crippen LogP contribution in [0.4, 0.5) is 17.1 Å². The van der Waals surface area contributed by atoms with E-state index in [-0.39, 0.29) is 10.8 Å². The highest BCUT2D eigenvalue weighted by molar-refractivity contribution is 5.92. The summed E-state index contributed by atoms with van der Waals surface area (Å²) in [5.41, 5.74) is 16.1. The lowest BCUT2D eigenvalue weighted by molar-refractivity contribution is 0.601. The maximum absolute atomic E-state index is 2.43. The van der Waals surface area contributed by atoms with Crippen LogP contribution in [0.1, 0.15) is 55.5 Å². The lowest BCUT2D eigenvalue weighted by atomic mass is 9.72. The van der Waals surface area contributed by atoms with E-state index in [9.17, 15) is 0 Å². The fourth-order valence-corrected chi connectivity index (χ4v) is 7.05.